The summed E-state index contributed by atoms with van der Waals surface area (Å²) in [6, 6.07) is 19.4. The van der Waals surface area contributed by atoms with E-state index in [4.69, 9.17) is 14.2 Å². The Hall–Kier alpha value is -3.94. The molecule has 0 aromatic heterocycles. The van der Waals surface area contributed by atoms with Crippen molar-refractivity contribution in [3.8, 4) is 0 Å². The van der Waals surface area contributed by atoms with E-state index in [1.165, 1.54) is 12.7 Å². The first-order valence-electron chi connectivity index (χ1n) is 21.3. The van der Waals surface area contributed by atoms with Crippen molar-refractivity contribution in [3.05, 3.63) is 83.4 Å². The van der Waals surface area contributed by atoms with Crippen LogP contribution in [0.5, 0.6) is 0 Å². The Morgan fingerprint density at radius 1 is 0.772 bits per heavy atom. The molecular weight excluding hydrogens is 715 g/mol. The summed E-state index contributed by atoms with van der Waals surface area (Å²) in [4.78, 5) is 56.8. The Labute approximate surface area is 340 Å². The molecule has 2 aromatic carbocycles. The minimum Gasteiger partial charge on any atom is -0.469 e. The molecule has 2 aromatic rings. The summed E-state index contributed by atoms with van der Waals surface area (Å²) < 4.78 is 17.7. The number of amides is 1. The second-order valence-electron chi connectivity index (χ2n) is 20.9. The summed E-state index contributed by atoms with van der Waals surface area (Å²) in [5, 5.41) is 3.06. The summed E-state index contributed by atoms with van der Waals surface area (Å²) in [6.45, 7) is 18.8. The zero-order valence-electron chi connectivity index (χ0n) is 36.0. The van der Waals surface area contributed by atoms with E-state index in [-0.39, 0.29) is 51.7 Å². The van der Waals surface area contributed by atoms with Crippen molar-refractivity contribution in [3.63, 3.8) is 0 Å². The summed E-state index contributed by atoms with van der Waals surface area (Å²) in [5.74, 6) is -0.877. The second-order valence-corrected chi connectivity index (χ2v) is 20.9. The third-order valence-electron chi connectivity index (χ3n) is 16.5. The number of fused-ring (bicyclic) bond motifs is 7. The number of hydrogen-bond donors (Lipinski definition) is 1. The fraction of sp³-hybridized carbons (Fsp3) is 0.633. The topological polar surface area (TPSA) is 108 Å². The highest BCUT2D eigenvalue weighted by atomic mass is 16.6. The van der Waals surface area contributed by atoms with Crippen LogP contribution in [0.15, 0.2) is 72.3 Å². The van der Waals surface area contributed by atoms with E-state index in [1.54, 1.807) is 0 Å². The highest BCUT2D eigenvalue weighted by Gasteiger charge is 2.72. The summed E-state index contributed by atoms with van der Waals surface area (Å²) in [7, 11) is 1.41. The number of nitrogens with one attached hydrogen (secondary N) is 1. The van der Waals surface area contributed by atoms with Crippen LogP contribution in [0.1, 0.15) is 137 Å². The van der Waals surface area contributed by atoms with Gasteiger partial charge >= 0.3 is 18.0 Å². The van der Waals surface area contributed by atoms with Gasteiger partial charge in [-0.3, -0.25) is 14.4 Å². The third kappa shape index (κ3) is 6.56. The van der Waals surface area contributed by atoms with Crippen molar-refractivity contribution in [2.24, 2.45) is 50.2 Å². The van der Waals surface area contributed by atoms with Gasteiger partial charge in [0, 0.05) is 12.0 Å². The number of hydrogen-bond acceptors (Lipinski definition) is 7. The minimum absolute atomic E-state index is 0.0389. The van der Waals surface area contributed by atoms with Crippen LogP contribution in [0.4, 0.5) is 4.79 Å². The standard InChI is InChI=1S/C49H65NO7/c1-43(2,3)57-42(54)50-37-22-23-46(6)36(49(37,9)41(53)55-10)21-24-48(8)39(46)35(51)29-33-34-30-45(5,26-25-44(34,4)27-28-47(33,48)7)40(52)56-38(31-17-13-11-14-18-31)32-19-15-12-16-20-32/h11-20,29,34,36-39H,21-28,30H2,1-10H3,(H,50,54)/t34-,36+,37-,39+,44+,45-,46-,47+,48+,49-/m0/s1. The van der Waals surface area contributed by atoms with Crippen LogP contribution in [0.3, 0.4) is 0 Å². The first kappa shape index (κ1) is 41.2. The molecular formula is C49H65NO7. The van der Waals surface area contributed by atoms with Gasteiger partial charge in [-0.2, -0.15) is 0 Å². The molecule has 4 fully saturated rings. The maximum absolute atomic E-state index is 15.1. The van der Waals surface area contributed by atoms with E-state index >= 15 is 4.79 Å². The fourth-order valence-corrected chi connectivity index (χ4v) is 13.1. The van der Waals surface area contributed by atoms with Crippen LogP contribution in [0.25, 0.3) is 0 Å². The van der Waals surface area contributed by atoms with Crippen molar-refractivity contribution in [2.45, 2.75) is 138 Å². The molecule has 0 unspecified atom stereocenters. The van der Waals surface area contributed by atoms with Crippen LogP contribution in [-0.4, -0.2) is 42.6 Å². The molecule has 1 N–H and O–H groups in total. The maximum atomic E-state index is 15.1. The predicted molar refractivity (Wildman–Crippen MR) is 220 cm³/mol. The molecule has 0 radical (unpaired) electrons. The molecule has 4 saturated carbocycles. The summed E-state index contributed by atoms with van der Waals surface area (Å²) >= 11 is 0. The van der Waals surface area contributed by atoms with Gasteiger partial charge in [0.1, 0.15) is 5.60 Å². The van der Waals surface area contributed by atoms with Gasteiger partial charge in [-0.25, -0.2) is 4.79 Å². The Morgan fingerprint density at radius 2 is 1.37 bits per heavy atom. The first-order valence-corrected chi connectivity index (χ1v) is 21.3. The van der Waals surface area contributed by atoms with E-state index in [9.17, 15) is 14.4 Å². The number of carbonyl (C=O) groups excluding carboxylic acids is 4. The van der Waals surface area contributed by atoms with Gasteiger partial charge in [-0.05, 0) is 143 Å². The van der Waals surface area contributed by atoms with Crippen molar-refractivity contribution >= 4 is 23.8 Å². The lowest BCUT2D eigenvalue weighted by Crippen LogP contribution is -2.69. The molecule has 10 atom stereocenters. The summed E-state index contributed by atoms with van der Waals surface area (Å²) in [5.41, 5.74) is -0.590. The molecule has 0 heterocycles. The van der Waals surface area contributed by atoms with Crippen LogP contribution < -0.4 is 5.32 Å². The summed E-state index contributed by atoms with van der Waals surface area (Å²) in [6.07, 6.45) is 7.87. The number of carbonyl (C=O) groups is 4. The number of ether oxygens (including phenoxy) is 3. The van der Waals surface area contributed by atoms with Gasteiger partial charge in [0.05, 0.1) is 17.9 Å². The molecule has 1 amide bonds. The smallest absolute Gasteiger partial charge is 0.407 e. The monoisotopic (exact) mass is 779 g/mol. The first-order chi connectivity index (χ1) is 26.7. The molecule has 8 nitrogen and oxygen atoms in total. The average Bonchev–Trinajstić information content (AvgIpc) is 3.16. The van der Waals surface area contributed by atoms with Gasteiger partial charge in [0.25, 0.3) is 0 Å². The second kappa shape index (κ2) is 14.1. The van der Waals surface area contributed by atoms with Gasteiger partial charge in [-0.15, -0.1) is 0 Å². The molecule has 0 saturated heterocycles. The van der Waals surface area contributed by atoms with Crippen LogP contribution in [-0.2, 0) is 28.6 Å². The van der Waals surface area contributed by atoms with Crippen LogP contribution >= 0.6 is 0 Å². The number of allylic oxidation sites excluding steroid dienone is 2. The lowest BCUT2D eigenvalue weighted by molar-refractivity contribution is -0.203. The molecule has 0 aliphatic heterocycles. The zero-order valence-corrected chi connectivity index (χ0v) is 36.0. The molecule has 0 spiro atoms. The van der Waals surface area contributed by atoms with Crippen molar-refractivity contribution in [1.29, 1.82) is 0 Å². The van der Waals surface area contributed by atoms with Crippen molar-refractivity contribution in [1.82, 2.24) is 5.32 Å². The Kier molecular flexibility index (Phi) is 10.2. The Balaban J connectivity index is 1.21. The van der Waals surface area contributed by atoms with E-state index in [2.05, 4.69) is 39.9 Å². The lowest BCUT2D eigenvalue weighted by Gasteiger charge is -2.70. The van der Waals surface area contributed by atoms with Crippen LogP contribution in [0, 0.1) is 50.2 Å². The van der Waals surface area contributed by atoms with Gasteiger partial charge in [0.2, 0.25) is 0 Å². The lowest BCUT2D eigenvalue weighted by atomic mass is 9.33. The third-order valence-corrected chi connectivity index (χ3v) is 16.5. The van der Waals surface area contributed by atoms with Crippen LogP contribution in [0.2, 0.25) is 0 Å². The number of methoxy groups -OCH3 is 1. The molecule has 57 heavy (non-hydrogen) atoms. The minimum atomic E-state index is -1.06. The van der Waals surface area contributed by atoms with E-state index < -0.39 is 40.1 Å². The van der Waals surface area contributed by atoms with Crippen molar-refractivity contribution in [2.75, 3.05) is 7.11 Å². The van der Waals surface area contributed by atoms with Gasteiger partial charge in [0.15, 0.2) is 11.9 Å². The maximum Gasteiger partial charge on any atom is 0.407 e. The SMILES string of the molecule is COC(=O)[C@]1(C)[C@@H](NC(=O)OC(C)(C)C)CC[C@@]2(C)[C@H]1CC[C@]1(C)[C@@H]2C(=O)C=C2[C@@H]3C[C@@](C)(C(=O)OC(c4ccccc4)c4ccccc4)CC[C@]3(C)CC[C@]21C. The van der Waals surface area contributed by atoms with Gasteiger partial charge in [-0.1, -0.05) is 93.9 Å². The highest BCUT2D eigenvalue weighted by molar-refractivity contribution is 5.96. The molecule has 5 aliphatic carbocycles. The number of alkyl carbamates (subject to hydrolysis) is 1. The average molecular weight is 780 g/mol. The number of esters is 2. The number of ketones is 1. The quantitative estimate of drug-likeness (QED) is 0.230. The number of rotatable bonds is 6. The van der Waals surface area contributed by atoms with E-state index in [0.29, 0.717) is 19.3 Å². The Bertz CT molecular complexity index is 1900. The number of benzene rings is 2. The Morgan fingerprint density at radius 3 is 1.95 bits per heavy atom. The van der Waals surface area contributed by atoms with E-state index in [0.717, 1.165) is 49.7 Å². The van der Waals surface area contributed by atoms with E-state index in [1.807, 2.05) is 94.4 Å². The van der Waals surface area contributed by atoms with Crippen molar-refractivity contribution < 1.29 is 33.4 Å². The molecule has 7 rings (SSSR count). The molecule has 5 aliphatic rings. The zero-order chi connectivity index (χ0) is 41.4. The predicted octanol–water partition coefficient (Wildman–Crippen LogP) is 10.3. The fourth-order valence-electron chi connectivity index (χ4n) is 13.1. The largest absolute Gasteiger partial charge is 0.469 e. The molecule has 8 heteroatoms. The van der Waals surface area contributed by atoms with Gasteiger partial charge < -0.3 is 19.5 Å². The molecule has 308 valence electrons. The normalized spacial score (nSPS) is 38.6. The highest BCUT2D eigenvalue weighted by Crippen LogP contribution is 2.75. The molecule has 0 bridgehead atoms.